The third-order valence-corrected chi connectivity index (χ3v) is 7.05. The lowest BCUT2D eigenvalue weighted by atomic mass is 9.78. The van der Waals surface area contributed by atoms with Crippen molar-refractivity contribution in [2.75, 3.05) is 39.8 Å². The van der Waals surface area contributed by atoms with Crippen molar-refractivity contribution >= 4 is 29.2 Å². The fourth-order valence-electron chi connectivity index (χ4n) is 3.82. The molecule has 2 aliphatic rings. The summed E-state index contributed by atoms with van der Waals surface area (Å²) in [4.78, 5) is 41.4. The highest BCUT2D eigenvalue weighted by Crippen LogP contribution is 2.40. The van der Waals surface area contributed by atoms with E-state index in [2.05, 4.69) is 38.9 Å². The minimum atomic E-state index is -5.08. The number of carboxylic acid groups (broad SMARTS) is 2. The van der Waals surface area contributed by atoms with E-state index < -0.39 is 24.3 Å². The zero-order valence-corrected chi connectivity index (χ0v) is 22.0. The van der Waals surface area contributed by atoms with Gasteiger partial charge in [0.25, 0.3) is 0 Å². The summed E-state index contributed by atoms with van der Waals surface area (Å²) in [6.45, 7) is 9.99. The van der Waals surface area contributed by atoms with E-state index >= 15 is 0 Å². The third kappa shape index (κ3) is 11.5. The van der Waals surface area contributed by atoms with Gasteiger partial charge >= 0.3 is 24.3 Å². The van der Waals surface area contributed by atoms with Gasteiger partial charge in [0.2, 0.25) is 5.91 Å². The number of halogens is 6. The molecule has 2 saturated heterocycles. The van der Waals surface area contributed by atoms with E-state index in [0.29, 0.717) is 23.9 Å². The smallest absolute Gasteiger partial charge is 0.475 e. The molecule has 1 amide bonds. The molecule has 0 bridgehead atoms. The van der Waals surface area contributed by atoms with E-state index in [0.717, 1.165) is 32.5 Å². The average molecular weight is 579 g/mol. The van der Waals surface area contributed by atoms with Crippen LogP contribution >= 0.6 is 11.3 Å². The number of nitrogens with zero attached hydrogens (tertiary/aromatic N) is 4. The standard InChI is InChI=1S/C18H30N4OS.2C2HF3O2/c1-15(2)20(3)13-17(23)22-9-5-18(6-10-22)4-8-21(14-18)12-16-19-7-11-24-16;2*3-2(4,5)1(6)7/h7,11,15H,4-6,8-10,12-14H2,1-3H3;2*(H,6,7). The molecule has 0 aromatic carbocycles. The van der Waals surface area contributed by atoms with Gasteiger partial charge in [-0.15, -0.1) is 11.3 Å². The second kappa shape index (κ2) is 14.1. The molecular weight excluding hydrogens is 546 g/mol. The number of aromatic nitrogens is 1. The first kappa shape index (κ1) is 33.6. The summed E-state index contributed by atoms with van der Waals surface area (Å²) in [6, 6.07) is 0.416. The number of piperidine rings is 1. The van der Waals surface area contributed by atoms with Crippen molar-refractivity contribution in [3.63, 3.8) is 0 Å². The molecule has 3 rings (SSSR count). The number of carboxylic acids is 2. The Kier molecular flexibility index (Phi) is 12.4. The summed E-state index contributed by atoms with van der Waals surface area (Å²) in [5.41, 5.74) is 0.429. The van der Waals surface area contributed by atoms with Crippen molar-refractivity contribution in [1.82, 2.24) is 19.7 Å². The summed E-state index contributed by atoms with van der Waals surface area (Å²) < 4.78 is 63.5. The van der Waals surface area contributed by atoms with Crippen molar-refractivity contribution in [3.05, 3.63) is 16.6 Å². The molecule has 1 spiro atoms. The van der Waals surface area contributed by atoms with Gasteiger partial charge in [0.15, 0.2) is 0 Å². The maximum Gasteiger partial charge on any atom is 0.490 e. The van der Waals surface area contributed by atoms with Crippen LogP contribution in [0, 0.1) is 5.41 Å². The number of hydrogen-bond acceptors (Lipinski definition) is 7. The van der Waals surface area contributed by atoms with Crippen LogP contribution in [0.1, 0.15) is 38.1 Å². The fourth-order valence-corrected chi connectivity index (χ4v) is 4.48. The molecule has 2 aliphatic heterocycles. The Labute approximate surface area is 220 Å². The minimum absolute atomic E-state index is 0.290. The van der Waals surface area contributed by atoms with Gasteiger partial charge in [-0.05, 0) is 52.1 Å². The van der Waals surface area contributed by atoms with Crippen LogP contribution < -0.4 is 0 Å². The zero-order valence-electron chi connectivity index (χ0n) is 21.2. The summed E-state index contributed by atoms with van der Waals surface area (Å²) in [5.74, 6) is -5.22. The number of aliphatic carboxylic acids is 2. The number of carbonyl (C=O) groups is 3. The minimum Gasteiger partial charge on any atom is -0.475 e. The highest BCUT2D eigenvalue weighted by atomic mass is 32.1. The monoisotopic (exact) mass is 578 g/mol. The van der Waals surface area contributed by atoms with Crippen molar-refractivity contribution < 1.29 is 50.9 Å². The summed E-state index contributed by atoms with van der Waals surface area (Å²) in [5, 5.41) is 17.5. The van der Waals surface area contributed by atoms with Gasteiger partial charge in [-0.2, -0.15) is 26.3 Å². The first-order valence-electron chi connectivity index (χ1n) is 11.6. The van der Waals surface area contributed by atoms with Crippen LogP contribution in [0.25, 0.3) is 0 Å². The van der Waals surface area contributed by atoms with Gasteiger partial charge in [-0.3, -0.25) is 14.6 Å². The Balaban J connectivity index is 0.000000426. The Morgan fingerprint density at radius 2 is 1.50 bits per heavy atom. The molecule has 38 heavy (non-hydrogen) atoms. The van der Waals surface area contributed by atoms with E-state index in [1.165, 1.54) is 24.5 Å². The van der Waals surface area contributed by atoms with Crippen molar-refractivity contribution in [2.24, 2.45) is 5.41 Å². The van der Waals surface area contributed by atoms with E-state index in [9.17, 15) is 31.1 Å². The molecule has 3 heterocycles. The van der Waals surface area contributed by atoms with Gasteiger partial charge < -0.3 is 15.1 Å². The molecular formula is C22H32F6N4O5S. The zero-order chi connectivity index (χ0) is 29.3. The molecule has 1 aromatic heterocycles. The normalized spacial score (nSPS) is 17.6. The molecule has 2 N–H and O–H groups in total. The highest BCUT2D eigenvalue weighted by molar-refractivity contribution is 7.09. The number of amides is 1. The van der Waals surface area contributed by atoms with Crippen molar-refractivity contribution in [3.8, 4) is 0 Å². The molecule has 0 radical (unpaired) electrons. The van der Waals surface area contributed by atoms with Crippen LogP contribution in [0.2, 0.25) is 0 Å². The maximum absolute atomic E-state index is 12.5. The highest BCUT2D eigenvalue weighted by Gasteiger charge is 2.41. The molecule has 2 fully saturated rings. The van der Waals surface area contributed by atoms with Gasteiger partial charge in [0.1, 0.15) is 5.01 Å². The number of likely N-dealkylation sites (tertiary alicyclic amines) is 2. The van der Waals surface area contributed by atoms with Gasteiger partial charge in [0.05, 0.1) is 13.1 Å². The first-order valence-corrected chi connectivity index (χ1v) is 12.4. The van der Waals surface area contributed by atoms with E-state index in [1.54, 1.807) is 11.3 Å². The largest absolute Gasteiger partial charge is 0.490 e. The summed E-state index contributed by atoms with van der Waals surface area (Å²) >= 11 is 1.75. The van der Waals surface area contributed by atoms with E-state index in [4.69, 9.17) is 19.8 Å². The van der Waals surface area contributed by atoms with Gasteiger partial charge in [-0.1, -0.05) is 0 Å². The molecule has 0 atom stereocenters. The molecule has 218 valence electrons. The topological polar surface area (TPSA) is 114 Å². The Hall–Kier alpha value is -2.46. The lowest BCUT2D eigenvalue weighted by Crippen LogP contribution is -2.47. The SMILES string of the molecule is CC(C)N(C)CC(=O)N1CCC2(CCN(Cc3nccs3)C2)CC1.O=C(O)C(F)(F)F.O=C(O)C(F)(F)F. The predicted octanol–water partition coefficient (Wildman–Crippen LogP) is 3.56. The van der Waals surface area contributed by atoms with Crippen LogP contribution in [0.4, 0.5) is 26.3 Å². The van der Waals surface area contributed by atoms with Crippen LogP contribution in [0.15, 0.2) is 11.6 Å². The van der Waals surface area contributed by atoms with E-state index in [1.807, 2.05) is 13.2 Å². The molecule has 9 nitrogen and oxygen atoms in total. The second-order valence-corrected chi connectivity index (χ2v) is 10.4. The molecule has 0 saturated carbocycles. The first-order chi connectivity index (χ1) is 17.4. The third-order valence-electron chi connectivity index (χ3n) is 6.29. The van der Waals surface area contributed by atoms with E-state index in [-0.39, 0.29) is 0 Å². The molecule has 16 heteroatoms. The number of hydrogen-bond donors (Lipinski definition) is 2. The number of carbonyl (C=O) groups excluding carboxylic acids is 1. The lowest BCUT2D eigenvalue weighted by Gasteiger charge is -2.40. The van der Waals surface area contributed by atoms with Gasteiger partial charge in [-0.25, -0.2) is 14.6 Å². The fraction of sp³-hybridized carbons (Fsp3) is 0.727. The second-order valence-electron chi connectivity index (χ2n) is 9.38. The molecule has 0 aliphatic carbocycles. The van der Waals surface area contributed by atoms with Crippen LogP contribution in [0.3, 0.4) is 0 Å². The number of alkyl halides is 6. The average Bonchev–Trinajstić information content (AvgIpc) is 3.44. The summed E-state index contributed by atoms with van der Waals surface area (Å²) in [7, 11) is 2.03. The molecule has 1 aromatic rings. The summed E-state index contributed by atoms with van der Waals surface area (Å²) in [6.07, 6.45) is -4.70. The maximum atomic E-state index is 12.5. The number of rotatable bonds is 5. The van der Waals surface area contributed by atoms with Crippen LogP contribution in [-0.2, 0) is 20.9 Å². The lowest BCUT2D eigenvalue weighted by molar-refractivity contribution is -0.193. The van der Waals surface area contributed by atoms with Crippen molar-refractivity contribution in [2.45, 2.75) is 58.0 Å². The number of thiazole rings is 1. The van der Waals surface area contributed by atoms with Crippen molar-refractivity contribution in [1.29, 1.82) is 0 Å². The predicted molar refractivity (Wildman–Crippen MR) is 125 cm³/mol. The number of likely N-dealkylation sites (N-methyl/N-ethyl adjacent to an activating group) is 1. The Morgan fingerprint density at radius 3 is 1.89 bits per heavy atom. The van der Waals surface area contributed by atoms with Gasteiger partial charge in [0, 0.05) is 37.3 Å². The Bertz CT molecular complexity index is 879. The molecule has 0 unspecified atom stereocenters. The quantitative estimate of drug-likeness (QED) is 0.510. The van der Waals surface area contributed by atoms with Crippen LogP contribution in [-0.4, -0.2) is 106 Å². The van der Waals surface area contributed by atoms with Crippen LogP contribution in [0.5, 0.6) is 0 Å². The Morgan fingerprint density at radius 1 is 1.03 bits per heavy atom.